The number of hydrogen-bond acceptors (Lipinski definition) is 4. The van der Waals surface area contributed by atoms with Crippen molar-refractivity contribution in [3.05, 3.63) is 59.2 Å². The zero-order valence-electron chi connectivity index (χ0n) is 16.2. The Kier molecular flexibility index (Phi) is 6.09. The van der Waals surface area contributed by atoms with E-state index in [-0.39, 0.29) is 24.0 Å². The van der Waals surface area contributed by atoms with Gasteiger partial charge in [-0.3, -0.25) is 14.4 Å². The Hall–Kier alpha value is -3.15. The number of nitrogens with one attached hydrogen (secondary N) is 1. The summed E-state index contributed by atoms with van der Waals surface area (Å²) in [4.78, 5) is 38.2. The summed E-state index contributed by atoms with van der Waals surface area (Å²) < 4.78 is 5.29. The molecule has 1 aliphatic heterocycles. The van der Waals surface area contributed by atoms with Gasteiger partial charge in [-0.15, -0.1) is 0 Å². The number of amides is 2. The molecular weight excluding hydrogens is 356 g/mol. The number of ether oxygens (including phenoxy) is 1. The van der Waals surface area contributed by atoms with Gasteiger partial charge in [-0.1, -0.05) is 0 Å². The molecule has 6 heteroatoms. The van der Waals surface area contributed by atoms with Crippen LogP contribution in [-0.2, 0) is 11.2 Å². The molecule has 1 heterocycles. The smallest absolute Gasteiger partial charge is 0.253 e. The van der Waals surface area contributed by atoms with Crippen molar-refractivity contribution in [2.45, 2.75) is 26.2 Å². The lowest BCUT2D eigenvalue weighted by molar-refractivity contribution is -0.115. The highest BCUT2D eigenvalue weighted by atomic mass is 16.5. The number of benzene rings is 2. The van der Waals surface area contributed by atoms with E-state index in [1.54, 1.807) is 42.5 Å². The van der Waals surface area contributed by atoms with Crippen LogP contribution in [0.2, 0.25) is 0 Å². The van der Waals surface area contributed by atoms with Crippen LogP contribution < -0.4 is 10.1 Å². The molecule has 1 saturated heterocycles. The van der Waals surface area contributed by atoms with Gasteiger partial charge in [0.2, 0.25) is 5.91 Å². The summed E-state index contributed by atoms with van der Waals surface area (Å²) in [7, 11) is 1.53. The number of carbonyl (C=O) groups is 3. The highest BCUT2D eigenvalue weighted by Gasteiger charge is 2.19. The van der Waals surface area contributed by atoms with Gasteiger partial charge in [0.1, 0.15) is 5.75 Å². The lowest BCUT2D eigenvalue weighted by Crippen LogP contribution is -2.27. The maximum absolute atomic E-state index is 12.4. The monoisotopic (exact) mass is 380 g/mol. The maximum Gasteiger partial charge on any atom is 0.253 e. The third-order valence-corrected chi connectivity index (χ3v) is 4.85. The Bertz CT molecular complexity index is 884. The van der Waals surface area contributed by atoms with Crippen molar-refractivity contribution < 1.29 is 19.1 Å². The van der Waals surface area contributed by atoms with E-state index in [0.29, 0.717) is 28.1 Å². The summed E-state index contributed by atoms with van der Waals surface area (Å²) in [6, 6.07) is 12.0. The minimum absolute atomic E-state index is 0.0289. The topological polar surface area (TPSA) is 75.7 Å². The van der Waals surface area contributed by atoms with Gasteiger partial charge in [0.05, 0.1) is 13.5 Å². The third-order valence-electron chi connectivity index (χ3n) is 4.85. The molecule has 0 bridgehead atoms. The number of likely N-dealkylation sites (tertiary alicyclic amines) is 1. The van der Waals surface area contributed by atoms with Gasteiger partial charge in [0.25, 0.3) is 5.91 Å². The second kappa shape index (κ2) is 8.69. The first-order valence-corrected chi connectivity index (χ1v) is 9.35. The predicted molar refractivity (Wildman–Crippen MR) is 107 cm³/mol. The van der Waals surface area contributed by atoms with Gasteiger partial charge < -0.3 is 15.0 Å². The van der Waals surface area contributed by atoms with Crippen LogP contribution in [0.1, 0.15) is 46.0 Å². The van der Waals surface area contributed by atoms with Crippen molar-refractivity contribution in [2.24, 2.45) is 0 Å². The molecular formula is C22H24N2O4. The van der Waals surface area contributed by atoms with Crippen LogP contribution in [0.3, 0.4) is 0 Å². The van der Waals surface area contributed by atoms with Gasteiger partial charge in [-0.2, -0.15) is 0 Å². The molecule has 28 heavy (non-hydrogen) atoms. The zero-order valence-corrected chi connectivity index (χ0v) is 16.2. The fraction of sp³-hybridized carbons (Fsp3) is 0.318. The van der Waals surface area contributed by atoms with E-state index in [0.717, 1.165) is 25.9 Å². The van der Waals surface area contributed by atoms with Crippen molar-refractivity contribution in [3.63, 3.8) is 0 Å². The second-order valence-corrected chi connectivity index (χ2v) is 6.88. The molecule has 2 amide bonds. The van der Waals surface area contributed by atoms with Crippen LogP contribution in [0.25, 0.3) is 0 Å². The minimum Gasteiger partial charge on any atom is -0.496 e. The lowest BCUT2D eigenvalue weighted by atomic mass is 10.0. The number of nitrogens with zero attached hydrogens (tertiary/aromatic N) is 1. The second-order valence-electron chi connectivity index (χ2n) is 6.88. The summed E-state index contributed by atoms with van der Waals surface area (Å²) in [5.74, 6) is 0.299. The van der Waals surface area contributed by atoms with Gasteiger partial charge in [0.15, 0.2) is 5.78 Å². The van der Waals surface area contributed by atoms with Crippen molar-refractivity contribution in [2.75, 3.05) is 25.5 Å². The molecule has 0 spiro atoms. The molecule has 2 aromatic carbocycles. The van der Waals surface area contributed by atoms with Crippen LogP contribution in [0.5, 0.6) is 5.75 Å². The number of rotatable bonds is 6. The van der Waals surface area contributed by atoms with E-state index in [9.17, 15) is 14.4 Å². The van der Waals surface area contributed by atoms with E-state index in [1.807, 2.05) is 4.90 Å². The maximum atomic E-state index is 12.4. The molecule has 0 aromatic heterocycles. The van der Waals surface area contributed by atoms with Gasteiger partial charge in [-0.05, 0) is 62.2 Å². The quantitative estimate of drug-likeness (QED) is 0.780. The normalized spacial score (nSPS) is 13.3. The van der Waals surface area contributed by atoms with E-state index in [2.05, 4.69) is 5.32 Å². The summed E-state index contributed by atoms with van der Waals surface area (Å²) >= 11 is 0. The fourth-order valence-electron chi connectivity index (χ4n) is 3.31. The Morgan fingerprint density at radius 2 is 1.64 bits per heavy atom. The highest BCUT2D eigenvalue weighted by molar-refractivity contribution is 5.97. The average Bonchev–Trinajstić information content (AvgIpc) is 3.22. The Labute approximate surface area is 164 Å². The van der Waals surface area contributed by atoms with Crippen molar-refractivity contribution >= 4 is 23.3 Å². The van der Waals surface area contributed by atoms with E-state index in [4.69, 9.17) is 4.74 Å². The van der Waals surface area contributed by atoms with E-state index >= 15 is 0 Å². The molecule has 146 valence electrons. The summed E-state index contributed by atoms with van der Waals surface area (Å²) in [6.07, 6.45) is 2.18. The first-order valence-electron chi connectivity index (χ1n) is 9.35. The SMILES string of the molecule is COc1ccc(C(C)=O)cc1CC(=O)Nc1ccc(C(=O)N2CCCC2)cc1. The molecule has 2 aromatic rings. The van der Waals surface area contributed by atoms with Crippen LogP contribution >= 0.6 is 0 Å². The lowest BCUT2D eigenvalue weighted by Gasteiger charge is -2.15. The van der Waals surface area contributed by atoms with Crippen LogP contribution in [0, 0.1) is 0 Å². The molecule has 1 fully saturated rings. The minimum atomic E-state index is -0.224. The van der Waals surface area contributed by atoms with Gasteiger partial charge in [-0.25, -0.2) is 0 Å². The molecule has 0 atom stereocenters. The molecule has 1 N–H and O–H groups in total. The average molecular weight is 380 g/mol. The predicted octanol–water partition coefficient (Wildman–Crippen LogP) is 3.32. The number of hydrogen-bond donors (Lipinski definition) is 1. The third kappa shape index (κ3) is 4.57. The number of anilines is 1. The van der Waals surface area contributed by atoms with Crippen LogP contribution in [-0.4, -0.2) is 42.7 Å². The summed E-state index contributed by atoms with van der Waals surface area (Å²) in [6.45, 7) is 3.09. The standard InChI is InChI=1S/C22H24N2O4/c1-15(25)17-7-10-20(28-2)18(13-17)14-21(26)23-19-8-5-16(6-9-19)22(27)24-11-3-4-12-24/h5-10,13H,3-4,11-12,14H2,1-2H3,(H,23,26). The van der Waals surface area contributed by atoms with Crippen LogP contribution in [0.4, 0.5) is 5.69 Å². The number of carbonyl (C=O) groups excluding carboxylic acids is 3. The molecule has 1 aliphatic rings. The number of methoxy groups -OCH3 is 1. The highest BCUT2D eigenvalue weighted by Crippen LogP contribution is 2.22. The first kappa shape index (κ1) is 19.6. The zero-order chi connectivity index (χ0) is 20.1. The Morgan fingerprint density at radius 3 is 2.25 bits per heavy atom. The van der Waals surface area contributed by atoms with Gasteiger partial charge >= 0.3 is 0 Å². The molecule has 6 nitrogen and oxygen atoms in total. The number of Topliss-reactive ketones (excluding diaryl/α,β-unsaturated/α-hetero) is 1. The molecule has 3 rings (SSSR count). The molecule has 0 radical (unpaired) electrons. The van der Waals surface area contributed by atoms with Gasteiger partial charge in [0, 0.05) is 35.5 Å². The Morgan fingerprint density at radius 1 is 1.00 bits per heavy atom. The summed E-state index contributed by atoms with van der Waals surface area (Å²) in [5, 5.41) is 2.82. The van der Waals surface area contributed by atoms with E-state index in [1.165, 1.54) is 14.0 Å². The molecule has 0 unspecified atom stereocenters. The van der Waals surface area contributed by atoms with Crippen molar-refractivity contribution in [1.82, 2.24) is 4.90 Å². The Balaban J connectivity index is 1.65. The largest absolute Gasteiger partial charge is 0.496 e. The van der Waals surface area contributed by atoms with Crippen molar-refractivity contribution in [1.29, 1.82) is 0 Å². The molecule has 0 saturated carbocycles. The number of ketones is 1. The van der Waals surface area contributed by atoms with Crippen LogP contribution in [0.15, 0.2) is 42.5 Å². The first-order chi connectivity index (χ1) is 13.5. The fourth-order valence-corrected chi connectivity index (χ4v) is 3.31. The molecule has 0 aliphatic carbocycles. The van der Waals surface area contributed by atoms with E-state index < -0.39 is 0 Å². The van der Waals surface area contributed by atoms with Crippen molar-refractivity contribution in [3.8, 4) is 5.75 Å². The summed E-state index contributed by atoms with van der Waals surface area (Å²) in [5.41, 5.74) is 2.42.